The van der Waals surface area contributed by atoms with Crippen LogP contribution in [0.2, 0.25) is 0 Å². The molecule has 0 aromatic heterocycles. The molecule has 21 heavy (non-hydrogen) atoms. The van der Waals surface area contributed by atoms with Crippen molar-refractivity contribution in [3.8, 4) is 11.5 Å². The van der Waals surface area contributed by atoms with Crippen LogP contribution in [0.15, 0.2) is 18.2 Å². The normalized spacial score (nSPS) is 13.3. The van der Waals surface area contributed by atoms with E-state index in [9.17, 15) is 18.0 Å². The molecule has 1 heterocycles. The number of hydrogen-bond acceptors (Lipinski definition) is 4. The van der Waals surface area contributed by atoms with Gasteiger partial charge in [-0.1, -0.05) is 0 Å². The van der Waals surface area contributed by atoms with Crippen LogP contribution >= 0.6 is 0 Å². The number of amides is 1. The maximum atomic E-state index is 12.7. The Morgan fingerprint density at radius 2 is 1.95 bits per heavy atom. The van der Waals surface area contributed by atoms with E-state index in [1.807, 2.05) is 0 Å². The monoisotopic (exact) mass is 304 g/mol. The zero-order valence-corrected chi connectivity index (χ0v) is 11.2. The van der Waals surface area contributed by atoms with Gasteiger partial charge in [-0.3, -0.25) is 4.79 Å². The van der Waals surface area contributed by atoms with Crippen molar-refractivity contribution < 1.29 is 27.4 Å². The lowest BCUT2D eigenvalue weighted by Gasteiger charge is -2.24. The molecule has 0 atom stereocenters. The average Bonchev–Trinajstić information content (AvgIpc) is 2.89. The number of rotatable bonds is 5. The highest BCUT2D eigenvalue weighted by atomic mass is 19.4. The van der Waals surface area contributed by atoms with Crippen molar-refractivity contribution in [3.05, 3.63) is 18.2 Å². The van der Waals surface area contributed by atoms with Gasteiger partial charge in [-0.25, -0.2) is 0 Å². The Labute approximate surface area is 119 Å². The molecule has 1 aliphatic heterocycles. The van der Waals surface area contributed by atoms with E-state index in [0.29, 0.717) is 35.8 Å². The van der Waals surface area contributed by atoms with Gasteiger partial charge in [0.25, 0.3) is 0 Å². The Balaban J connectivity index is 2.23. The summed E-state index contributed by atoms with van der Waals surface area (Å²) < 4.78 is 48.3. The van der Waals surface area contributed by atoms with Crippen LogP contribution in [0.4, 0.5) is 18.9 Å². The summed E-state index contributed by atoms with van der Waals surface area (Å²) in [5.41, 5.74) is 5.45. The first-order valence-corrected chi connectivity index (χ1v) is 6.42. The van der Waals surface area contributed by atoms with Gasteiger partial charge in [0.1, 0.15) is 0 Å². The average molecular weight is 304 g/mol. The molecule has 116 valence electrons. The predicted molar refractivity (Wildman–Crippen MR) is 69.3 cm³/mol. The number of unbranched alkanes of at least 4 members (excludes halogenated alkanes) is 1. The van der Waals surface area contributed by atoms with E-state index in [4.69, 9.17) is 15.2 Å². The quantitative estimate of drug-likeness (QED) is 0.846. The fourth-order valence-electron chi connectivity index (χ4n) is 1.97. The van der Waals surface area contributed by atoms with Crippen LogP contribution in [-0.2, 0) is 4.79 Å². The van der Waals surface area contributed by atoms with Gasteiger partial charge in [0.2, 0.25) is 6.79 Å². The molecule has 1 aromatic carbocycles. The van der Waals surface area contributed by atoms with Crippen molar-refractivity contribution in [2.45, 2.75) is 19.0 Å². The van der Waals surface area contributed by atoms with Crippen molar-refractivity contribution in [2.75, 3.05) is 24.8 Å². The number of hydrogen-bond donors (Lipinski definition) is 1. The highest BCUT2D eigenvalue weighted by molar-refractivity contribution is 5.97. The predicted octanol–water partition coefficient (Wildman–Crippen LogP) is 2.05. The van der Waals surface area contributed by atoms with Gasteiger partial charge < -0.3 is 20.1 Å². The molecule has 0 radical (unpaired) electrons. The molecule has 2 rings (SSSR count). The van der Waals surface area contributed by atoms with Crippen LogP contribution in [-0.4, -0.2) is 32.0 Å². The van der Waals surface area contributed by atoms with E-state index < -0.39 is 12.1 Å². The van der Waals surface area contributed by atoms with E-state index in [1.165, 1.54) is 18.2 Å². The Morgan fingerprint density at radius 1 is 1.24 bits per heavy atom. The van der Waals surface area contributed by atoms with Crippen LogP contribution in [0.1, 0.15) is 12.8 Å². The zero-order chi connectivity index (χ0) is 15.5. The molecule has 0 fully saturated rings. The number of benzene rings is 1. The summed E-state index contributed by atoms with van der Waals surface area (Å²) in [6.07, 6.45) is -4.02. The van der Waals surface area contributed by atoms with Gasteiger partial charge in [0, 0.05) is 18.3 Å². The summed E-state index contributed by atoms with van der Waals surface area (Å²) in [4.78, 5) is 12.2. The third-order valence-electron chi connectivity index (χ3n) is 2.99. The third kappa shape index (κ3) is 3.57. The molecule has 0 bridgehead atoms. The van der Waals surface area contributed by atoms with E-state index in [2.05, 4.69) is 0 Å². The molecule has 0 aliphatic carbocycles. The topological polar surface area (TPSA) is 64.8 Å². The summed E-state index contributed by atoms with van der Waals surface area (Å²) >= 11 is 0. The van der Waals surface area contributed by atoms with Crippen LogP contribution in [0.5, 0.6) is 11.5 Å². The van der Waals surface area contributed by atoms with Crippen LogP contribution in [0, 0.1) is 0 Å². The first-order chi connectivity index (χ1) is 9.93. The molecule has 5 nitrogen and oxygen atoms in total. The minimum absolute atomic E-state index is 0.0131. The van der Waals surface area contributed by atoms with Gasteiger partial charge in [-0.05, 0) is 31.5 Å². The van der Waals surface area contributed by atoms with Gasteiger partial charge in [-0.15, -0.1) is 0 Å². The van der Waals surface area contributed by atoms with Crippen molar-refractivity contribution in [1.82, 2.24) is 0 Å². The van der Waals surface area contributed by atoms with Gasteiger partial charge >= 0.3 is 12.1 Å². The van der Waals surface area contributed by atoms with E-state index in [1.54, 1.807) is 0 Å². The number of nitrogens with zero attached hydrogens (tertiary/aromatic N) is 1. The summed E-state index contributed by atoms with van der Waals surface area (Å²) in [6, 6.07) is 4.26. The summed E-state index contributed by atoms with van der Waals surface area (Å²) in [6.45, 7) is 0.309. The molecule has 2 N–H and O–H groups in total. The van der Waals surface area contributed by atoms with Crippen LogP contribution in [0.3, 0.4) is 0 Å². The first kappa shape index (κ1) is 15.4. The maximum absolute atomic E-state index is 12.7. The summed E-state index contributed by atoms with van der Waals surface area (Å²) in [5, 5.41) is 0. The fourth-order valence-corrected chi connectivity index (χ4v) is 1.97. The first-order valence-electron chi connectivity index (χ1n) is 6.42. The second kappa shape index (κ2) is 6.21. The second-order valence-electron chi connectivity index (χ2n) is 4.49. The summed E-state index contributed by atoms with van der Waals surface area (Å²) in [7, 11) is 0. The summed E-state index contributed by atoms with van der Waals surface area (Å²) in [5.74, 6) is -1.13. The van der Waals surface area contributed by atoms with Crippen LogP contribution < -0.4 is 20.1 Å². The fraction of sp³-hybridized carbons (Fsp3) is 0.462. The zero-order valence-electron chi connectivity index (χ0n) is 11.2. The molecule has 1 aliphatic rings. The molecular formula is C13H15F3N2O3. The Kier molecular flexibility index (Phi) is 4.56. The molecular weight excluding hydrogens is 289 g/mol. The molecule has 0 unspecified atom stereocenters. The van der Waals surface area contributed by atoms with E-state index in [0.717, 1.165) is 0 Å². The van der Waals surface area contributed by atoms with E-state index >= 15 is 0 Å². The van der Waals surface area contributed by atoms with Crippen molar-refractivity contribution >= 4 is 11.6 Å². The minimum Gasteiger partial charge on any atom is -0.454 e. The highest BCUT2D eigenvalue weighted by Gasteiger charge is 2.43. The van der Waals surface area contributed by atoms with E-state index in [-0.39, 0.29) is 19.0 Å². The maximum Gasteiger partial charge on any atom is 0.471 e. The largest absolute Gasteiger partial charge is 0.471 e. The molecule has 0 spiro atoms. The molecule has 1 aromatic rings. The molecule has 8 heteroatoms. The number of fused-ring (bicyclic) bond motifs is 1. The molecule has 0 saturated heterocycles. The number of nitrogens with two attached hydrogens (primary N) is 1. The Bertz CT molecular complexity index is 520. The Hall–Kier alpha value is -1.96. The molecule has 0 saturated carbocycles. The smallest absolute Gasteiger partial charge is 0.454 e. The third-order valence-corrected chi connectivity index (χ3v) is 2.99. The molecule has 1 amide bonds. The standard InChI is InChI=1S/C13H15F3N2O3/c14-13(15,16)12(19)18(6-2-1-5-17)9-3-4-10-11(7-9)21-8-20-10/h3-4,7H,1-2,5-6,8,17H2. The number of carbonyl (C=O) groups excluding carboxylic acids is 1. The number of alkyl halides is 3. The minimum atomic E-state index is -4.93. The second-order valence-corrected chi connectivity index (χ2v) is 4.49. The van der Waals surface area contributed by atoms with Gasteiger partial charge in [0.05, 0.1) is 0 Å². The van der Waals surface area contributed by atoms with Crippen molar-refractivity contribution in [3.63, 3.8) is 0 Å². The van der Waals surface area contributed by atoms with Crippen molar-refractivity contribution in [1.29, 1.82) is 0 Å². The number of ether oxygens (including phenoxy) is 2. The lowest BCUT2D eigenvalue weighted by Crippen LogP contribution is -2.42. The lowest BCUT2D eigenvalue weighted by atomic mass is 10.2. The highest BCUT2D eigenvalue weighted by Crippen LogP contribution is 2.36. The number of carbonyl (C=O) groups is 1. The Morgan fingerprint density at radius 3 is 2.62 bits per heavy atom. The number of anilines is 1. The lowest BCUT2D eigenvalue weighted by molar-refractivity contribution is -0.170. The number of halogens is 3. The van der Waals surface area contributed by atoms with Crippen molar-refractivity contribution in [2.24, 2.45) is 5.73 Å². The SMILES string of the molecule is NCCCCN(C(=O)C(F)(F)F)c1ccc2c(c1)OCO2. The van der Waals surface area contributed by atoms with Gasteiger partial charge in [-0.2, -0.15) is 13.2 Å². The van der Waals surface area contributed by atoms with Crippen LogP contribution in [0.25, 0.3) is 0 Å². The van der Waals surface area contributed by atoms with Gasteiger partial charge in [0.15, 0.2) is 11.5 Å².